The molecule has 2 rings (SSSR count). The van der Waals surface area contributed by atoms with E-state index in [2.05, 4.69) is 0 Å². The number of sulfonamides is 1. The molecule has 0 radical (unpaired) electrons. The second-order valence-electron chi connectivity index (χ2n) is 5.56. The monoisotopic (exact) mass is 313 g/mol. The molecule has 1 fully saturated rings. The van der Waals surface area contributed by atoms with Crippen molar-refractivity contribution in [3.63, 3.8) is 0 Å². The Kier molecular flexibility index (Phi) is 4.36. The number of hydrogen-bond acceptors (Lipinski definition) is 4. The number of aryl methyl sites for hydroxylation is 1. The van der Waals surface area contributed by atoms with Gasteiger partial charge in [-0.25, -0.2) is 17.5 Å². The predicted molar refractivity (Wildman–Crippen MR) is 76.7 cm³/mol. The maximum Gasteiger partial charge on any atom is 0.335 e. The quantitative estimate of drug-likeness (QED) is 0.848. The van der Waals surface area contributed by atoms with E-state index in [9.17, 15) is 18.3 Å². The van der Waals surface area contributed by atoms with Crippen LogP contribution >= 0.6 is 0 Å². The molecule has 1 aromatic carbocycles. The van der Waals surface area contributed by atoms with Crippen LogP contribution in [0.25, 0.3) is 0 Å². The van der Waals surface area contributed by atoms with Crippen LogP contribution in [-0.2, 0) is 10.0 Å². The van der Waals surface area contributed by atoms with Gasteiger partial charge in [-0.05, 0) is 43.4 Å². The van der Waals surface area contributed by atoms with Crippen LogP contribution in [0.15, 0.2) is 23.1 Å². The van der Waals surface area contributed by atoms with Crippen molar-refractivity contribution in [2.24, 2.45) is 5.92 Å². The summed E-state index contributed by atoms with van der Waals surface area (Å²) in [7, 11) is -2.24. The lowest BCUT2D eigenvalue weighted by Crippen LogP contribution is -2.39. The molecule has 0 spiro atoms. The van der Waals surface area contributed by atoms with Gasteiger partial charge in [0, 0.05) is 13.6 Å². The molecule has 1 aromatic rings. The predicted octanol–water partition coefficient (Wildman–Crippen LogP) is 1.08. The molecule has 0 atom stereocenters. The fourth-order valence-corrected chi connectivity index (χ4v) is 3.76. The molecule has 1 aliphatic rings. The van der Waals surface area contributed by atoms with Crippen molar-refractivity contribution in [1.82, 2.24) is 4.31 Å². The second-order valence-corrected chi connectivity index (χ2v) is 7.60. The average molecular weight is 313 g/mol. The van der Waals surface area contributed by atoms with Gasteiger partial charge in [0.05, 0.1) is 16.6 Å². The van der Waals surface area contributed by atoms with Gasteiger partial charge in [0.15, 0.2) is 0 Å². The maximum absolute atomic E-state index is 12.4. The summed E-state index contributed by atoms with van der Waals surface area (Å²) in [4.78, 5) is 11.1. The maximum atomic E-state index is 12.4. The van der Waals surface area contributed by atoms with E-state index in [4.69, 9.17) is 5.11 Å². The van der Waals surface area contributed by atoms with Crippen molar-refractivity contribution >= 4 is 16.0 Å². The molecule has 0 unspecified atom stereocenters. The standard InChI is InChI=1S/C14H19NO5S/c1-9-3-4-12(7-13(9)14(17)18)21(19,20)15(2)8-10-5-11(16)6-10/h3-4,7,10-11,16H,5-6,8H2,1-2H3,(H,17,18). The van der Waals surface area contributed by atoms with Gasteiger partial charge in [-0.2, -0.15) is 0 Å². The van der Waals surface area contributed by atoms with Gasteiger partial charge in [0.25, 0.3) is 0 Å². The molecular weight excluding hydrogens is 294 g/mol. The van der Waals surface area contributed by atoms with Crippen molar-refractivity contribution < 1.29 is 23.4 Å². The van der Waals surface area contributed by atoms with Gasteiger partial charge in [-0.15, -0.1) is 0 Å². The highest BCUT2D eigenvalue weighted by Gasteiger charge is 2.32. The summed E-state index contributed by atoms with van der Waals surface area (Å²) < 4.78 is 26.1. The number of carbonyl (C=O) groups is 1. The number of benzene rings is 1. The van der Waals surface area contributed by atoms with Gasteiger partial charge in [0.2, 0.25) is 10.0 Å². The third-order valence-corrected chi connectivity index (χ3v) is 5.69. The smallest absolute Gasteiger partial charge is 0.335 e. The van der Waals surface area contributed by atoms with Crippen molar-refractivity contribution in [1.29, 1.82) is 0 Å². The molecule has 1 saturated carbocycles. The summed E-state index contributed by atoms with van der Waals surface area (Å²) >= 11 is 0. The Bertz CT molecular complexity index is 649. The molecule has 7 heteroatoms. The minimum absolute atomic E-state index is 0.0106. The Morgan fingerprint density at radius 3 is 2.52 bits per heavy atom. The van der Waals surface area contributed by atoms with Crippen LogP contribution in [0.2, 0.25) is 0 Å². The summed E-state index contributed by atoms with van der Waals surface area (Å²) in [5, 5.41) is 18.3. The number of aliphatic hydroxyl groups is 1. The highest BCUT2D eigenvalue weighted by Crippen LogP contribution is 2.29. The van der Waals surface area contributed by atoms with Crippen LogP contribution in [-0.4, -0.2) is 48.6 Å². The molecule has 21 heavy (non-hydrogen) atoms. The summed E-state index contributed by atoms with van der Waals surface area (Å²) in [6.07, 6.45) is 0.881. The van der Waals surface area contributed by atoms with Crippen molar-refractivity contribution in [3.8, 4) is 0 Å². The molecule has 116 valence electrons. The summed E-state index contributed by atoms with van der Waals surface area (Å²) in [6, 6.07) is 4.11. The third-order valence-electron chi connectivity index (χ3n) is 3.87. The van der Waals surface area contributed by atoms with Crippen molar-refractivity contribution in [3.05, 3.63) is 29.3 Å². The largest absolute Gasteiger partial charge is 0.478 e. The SMILES string of the molecule is Cc1ccc(S(=O)(=O)N(C)CC2CC(O)C2)cc1C(=O)O. The van der Waals surface area contributed by atoms with E-state index in [0.29, 0.717) is 24.9 Å². The number of hydrogen-bond donors (Lipinski definition) is 2. The Balaban J connectivity index is 2.22. The van der Waals surface area contributed by atoms with Crippen molar-refractivity contribution in [2.45, 2.75) is 30.8 Å². The number of nitrogens with zero attached hydrogens (tertiary/aromatic N) is 1. The van der Waals surface area contributed by atoms with E-state index in [1.165, 1.54) is 29.6 Å². The van der Waals surface area contributed by atoms with Crippen molar-refractivity contribution in [2.75, 3.05) is 13.6 Å². The van der Waals surface area contributed by atoms with Gasteiger partial charge in [-0.1, -0.05) is 6.07 Å². The van der Waals surface area contributed by atoms with Crippen LogP contribution < -0.4 is 0 Å². The van der Waals surface area contributed by atoms with E-state index in [0.717, 1.165) is 0 Å². The molecule has 0 aliphatic heterocycles. The van der Waals surface area contributed by atoms with E-state index in [1.807, 2.05) is 0 Å². The number of carboxylic acids is 1. The Morgan fingerprint density at radius 1 is 1.38 bits per heavy atom. The Labute approximate surface area is 124 Å². The number of aromatic carboxylic acids is 1. The minimum atomic E-state index is -3.71. The molecular formula is C14H19NO5S. The highest BCUT2D eigenvalue weighted by atomic mass is 32.2. The van der Waals surface area contributed by atoms with E-state index in [-0.39, 0.29) is 22.5 Å². The van der Waals surface area contributed by atoms with E-state index in [1.54, 1.807) is 6.92 Å². The fourth-order valence-electron chi connectivity index (χ4n) is 2.48. The molecule has 0 bridgehead atoms. The lowest BCUT2D eigenvalue weighted by Gasteiger charge is -2.34. The van der Waals surface area contributed by atoms with Gasteiger partial charge >= 0.3 is 5.97 Å². The molecule has 6 nitrogen and oxygen atoms in total. The van der Waals surface area contributed by atoms with Gasteiger partial charge in [0.1, 0.15) is 0 Å². The first kappa shape index (κ1) is 15.9. The summed E-state index contributed by atoms with van der Waals surface area (Å²) in [5.74, 6) is -0.988. The lowest BCUT2D eigenvalue weighted by atomic mass is 9.82. The summed E-state index contributed by atoms with van der Waals surface area (Å²) in [5.41, 5.74) is 0.509. The molecule has 1 aliphatic carbocycles. The first-order valence-electron chi connectivity index (χ1n) is 6.70. The topological polar surface area (TPSA) is 94.9 Å². The number of rotatable bonds is 5. The van der Waals surface area contributed by atoms with Crippen LogP contribution in [0.3, 0.4) is 0 Å². The van der Waals surface area contributed by atoms with Crippen LogP contribution in [0.4, 0.5) is 0 Å². The van der Waals surface area contributed by atoms with Crippen LogP contribution in [0.5, 0.6) is 0 Å². The third kappa shape index (κ3) is 3.25. The Hall–Kier alpha value is -1.44. The zero-order valence-corrected chi connectivity index (χ0v) is 12.8. The van der Waals surface area contributed by atoms with Crippen LogP contribution in [0, 0.1) is 12.8 Å². The van der Waals surface area contributed by atoms with E-state index >= 15 is 0 Å². The van der Waals surface area contributed by atoms with Crippen LogP contribution in [0.1, 0.15) is 28.8 Å². The highest BCUT2D eigenvalue weighted by molar-refractivity contribution is 7.89. The second kappa shape index (κ2) is 5.75. The zero-order valence-electron chi connectivity index (χ0n) is 12.0. The lowest BCUT2D eigenvalue weighted by molar-refractivity contribution is 0.0367. The molecule has 0 aromatic heterocycles. The van der Waals surface area contributed by atoms with Gasteiger partial charge in [-0.3, -0.25) is 0 Å². The molecule has 0 heterocycles. The molecule has 0 saturated heterocycles. The first-order chi connectivity index (χ1) is 9.71. The van der Waals surface area contributed by atoms with Gasteiger partial charge < -0.3 is 10.2 Å². The molecule has 0 amide bonds. The first-order valence-corrected chi connectivity index (χ1v) is 8.14. The normalized spacial score (nSPS) is 22.1. The number of aliphatic hydroxyl groups excluding tert-OH is 1. The van der Waals surface area contributed by atoms with E-state index < -0.39 is 16.0 Å². The average Bonchev–Trinajstić information content (AvgIpc) is 2.36. The number of carboxylic acid groups (broad SMARTS) is 1. The minimum Gasteiger partial charge on any atom is -0.478 e. The Morgan fingerprint density at radius 2 is 2.00 bits per heavy atom. The molecule has 2 N–H and O–H groups in total. The fraction of sp³-hybridized carbons (Fsp3) is 0.500. The zero-order chi connectivity index (χ0) is 15.8. The summed E-state index contributed by atoms with van der Waals surface area (Å²) in [6.45, 7) is 1.95.